The molecule has 2 aromatic rings. The van der Waals surface area contributed by atoms with Crippen LogP contribution in [0.3, 0.4) is 0 Å². The number of hydrogen-bond acceptors (Lipinski definition) is 7. The Kier molecular flexibility index (Phi) is 5.64. The summed E-state index contributed by atoms with van der Waals surface area (Å²) in [7, 11) is 2.03. The third-order valence-electron chi connectivity index (χ3n) is 3.77. The Balaban J connectivity index is 0.00000192. The minimum Gasteiger partial charge on any atom is -0.339 e. The van der Waals surface area contributed by atoms with E-state index >= 15 is 0 Å². The molecule has 0 radical (unpaired) electrons. The molecular formula is C14H18ClN5O3. The number of rotatable bonds is 4. The Morgan fingerprint density at radius 1 is 1.52 bits per heavy atom. The second-order valence-corrected chi connectivity index (χ2v) is 5.35. The lowest BCUT2D eigenvalue weighted by Crippen LogP contribution is -2.44. The van der Waals surface area contributed by atoms with Crippen molar-refractivity contribution in [1.29, 1.82) is 0 Å². The summed E-state index contributed by atoms with van der Waals surface area (Å²) in [6.45, 7) is 2.66. The molecule has 0 bridgehead atoms. The van der Waals surface area contributed by atoms with Crippen molar-refractivity contribution in [3.05, 3.63) is 51.7 Å². The molecule has 1 saturated heterocycles. The van der Waals surface area contributed by atoms with E-state index < -0.39 is 4.92 Å². The zero-order valence-corrected chi connectivity index (χ0v) is 13.5. The molecule has 1 aliphatic rings. The van der Waals surface area contributed by atoms with Crippen molar-refractivity contribution in [2.75, 3.05) is 26.7 Å². The predicted molar refractivity (Wildman–Crippen MR) is 85.7 cm³/mol. The van der Waals surface area contributed by atoms with Crippen LogP contribution in [0, 0.1) is 10.1 Å². The van der Waals surface area contributed by atoms with E-state index in [0.29, 0.717) is 18.1 Å². The lowest BCUT2D eigenvalue weighted by atomic mass is 10.1. The van der Waals surface area contributed by atoms with E-state index in [2.05, 4.69) is 20.4 Å². The Morgan fingerprint density at radius 3 is 3.09 bits per heavy atom. The monoisotopic (exact) mass is 339 g/mol. The standard InChI is InChI=1S/C14H17N5O3.ClH/c1-18-6-5-15-9-12(18)14-16-13(22-17-14)8-10-3-2-4-11(7-10)19(20)21;/h2-4,7,12,15H,5-6,8-9H2,1H3;1H. The van der Waals surface area contributed by atoms with Crippen molar-refractivity contribution in [2.45, 2.75) is 12.5 Å². The highest BCUT2D eigenvalue weighted by molar-refractivity contribution is 5.85. The number of nitro groups is 1. The normalized spacial score (nSPS) is 18.4. The summed E-state index contributed by atoms with van der Waals surface area (Å²) in [6, 6.07) is 6.55. The number of nitrogens with zero attached hydrogens (tertiary/aromatic N) is 4. The molecule has 1 aromatic carbocycles. The molecule has 0 amide bonds. The Morgan fingerprint density at radius 2 is 2.35 bits per heavy atom. The lowest BCUT2D eigenvalue weighted by Gasteiger charge is -2.30. The molecular weight excluding hydrogens is 322 g/mol. The van der Waals surface area contributed by atoms with Crippen molar-refractivity contribution < 1.29 is 9.45 Å². The van der Waals surface area contributed by atoms with E-state index in [9.17, 15) is 10.1 Å². The van der Waals surface area contributed by atoms with Crippen molar-refractivity contribution in [1.82, 2.24) is 20.4 Å². The molecule has 1 aliphatic heterocycles. The van der Waals surface area contributed by atoms with E-state index in [0.717, 1.165) is 25.2 Å². The van der Waals surface area contributed by atoms with Crippen LogP contribution < -0.4 is 5.32 Å². The highest BCUT2D eigenvalue weighted by Crippen LogP contribution is 2.20. The average Bonchev–Trinajstić information content (AvgIpc) is 2.96. The number of hydrogen-bond donors (Lipinski definition) is 1. The highest BCUT2D eigenvalue weighted by atomic mass is 35.5. The lowest BCUT2D eigenvalue weighted by molar-refractivity contribution is -0.384. The van der Waals surface area contributed by atoms with Gasteiger partial charge in [-0.05, 0) is 12.6 Å². The van der Waals surface area contributed by atoms with Crippen LogP contribution in [-0.2, 0) is 6.42 Å². The van der Waals surface area contributed by atoms with Gasteiger partial charge in [0.1, 0.15) is 0 Å². The third-order valence-corrected chi connectivity index (χ3v) is 3.77. The first-order chi connectivity index (χ1) is 10.6. The Bertz CT molecular complexity index is 678. The van der Waals surface area contributed by atoms with Crippen molar-refractivity contribution >= 4 is 18.1 Å². The van der Waals surface area contributed by atoms with Gasteiger partial charge < -0.3 is 9.84 Å². The molecule has 9 heteroatoms. The van der Waals surface area contributed by atoms with Gasteiger partial charge in [0.15, 0.2) is 5.82 Å². The molecule has 1 unspecified atom stereocenters. The Hall–Kier alpha value is -2.03. The zero-order valence-electron chi connectivity index (χ0n) is 12.6. The second-order valence-electron chi connectivity index (χ2n) is 5.35. The number of nitrogens with one attached hydrogen (secondary N) is 1. The fourth-order valence-corrected chi connectivity index (χ4v) is 2.52. The molecule has 8 nitrogen and oxygen atoms in total. The minimum absolute atomic E-state index is 0. The van der Waals surface area contributed by atoms with Crippen LogP contribution >= 0.6 is 12.4 Å². The van der Waals surface area contributed by atoms with Crippen molar-refractivity contribution in [3.8, 4) is 0 Å². The van der Waals surface area contributed by atoms with Gasteiger partial charge in [-0.2, -0.15) is 4.98 Å². The Labute approximate surface area is 139 Å². The predicted octanol–water partition coefficient (Wildman–Crippen LogP) is 1.57. The van der Waals surface area contributed by atoms with Crippen molar-refractivity contribution in [2.24, 2.45) is 0 Å². The number of halogens is 1. The molecule has 1 fully saturated rings. The van der Waals surface area contributed by atoms with Gasteiger partial charge in [0.2, 0.25) is 5.89 Å². The summed E-state index contributed by atoms with van der Waals surface area (Å²) < 4.78 is 5.29. The van der Waals surface area contributed by atoms with Gasteiger partial charge in [0.25, 0.3) is 5.69 Å². The summed E-state index contributed by atoms with van der Waals surface area (Å²) in [5.74, 6) is 1.12. The SMILES string of the molecule is CN1CCNCC1c1noc(Cc2cccc([N+](=O)[O-])c2)n1.Cl. The molecule has 0 spiro atoms. The first kappa shape index (κ1) is 17.3. The van der Waals surface area contributed by atoms with Gasteiger partial charge in [-0.15, -0.1) is 12.4 Å². The van der Waals surface area contributed by atoms with Gasteiger partial charge in [0, 0.05) is 31.8 Å². The first-order valence-corrected chi connectivity index (χ1v) is 7.10. The largest absolute Gasteiger partial charge is 0.339 e. The quantitative estimate of drug-likeness (QED) is 0.666. The van der Waals surface area contributed by atoms with Crippen molar-refractivity contribution in [3.63, 3.8) is 0 Å². The van der Waals surface area contributed by atoms with Crippen LogP contribution in [0.5, 0.6) is 0 Å². The smallest absolute Gasteiger partial charge is 0.269 e. The number of piperazine rings is 1. The number of aromatic nitrogens is 2. The van der Waals surface area contributed by atoms with Gasteiger partial charge in [-0.1, -0.05) is 17.3 Å². The summed E-state index contributed by atoms with van der Waals surface area (Å²) in [5.41, 5.74) is 0.841. The van der Waals surface area contributed by atoms with E-state index in [1.54, 1.807) is 6.07 Å². The van der Waals surface area contributed by atoms with Crippen LogP contribution in [0.4, 0.5) is 5.69 Å². The zero-order chi connectivity index (χ0) is 15.5. The van der Waals surface area contributed by atoms with Crippen LogP contribution in [0.15, 0.2) is 28.8 Å². The molecule has 0 aliphatic carbocycles. The van der Waals surface area contributed by atoms with Gasteiger partial charge in [-0.25, -0.2) is 0 Å². The molecule has 1 N–H and O–H groups in total. The summed E-state index contributed by atoms with van der Waals surface area (Å²) in [5, 5.41) is 18.1. The molecule has 2 heterocycles. The van der Waals surface area contributed by atoms with Crippen LogP contribution in [0.2, 0.25) is 0 Å². The van der Waals surface area contributed by atoms with Gasteiger partial charge >= 0.3 is 0 Å². The maximum Gasteiger partial charge on any atom is 0.269 e. The van der Waals surface area contributed by atoms with E-state index in [-0.39, 0.29) is 24.1 Å². The fourth-order valence-electron chi connectivity index (χ4n) is 2.52. The molecule has 0 saturated carbocycles. The summed E-state index contributed by atoms with van der Waals surface area (Å²) in [4.78, 5) is 17.0. The maximum absolute atomic E-state index is 10.8. The number of non-ortho nitro benzene ring substituents is 1. The molecule has 3 rings (SSSR count). The van der Waals surface area contributed by atoms with E-state index in [1.807, 2.05) is 13.1 Å². The third kappa shape index (κ3) is 4.04. The topological polar surface area (TPSA) is 97.3 Å². The second kappa shape index (κ2) is 7.49. The minimum atomic E-state index is -0.411. The highest BCUT2D eigenvalue weighted by Gasteiger charge is 2.25. The van der Waals surface area contributed by atoms with E-state index in [1.165, 1.54) is 12.1 Å². The number of likely N-dealkylation sites (N-methyl/N-ethyl adjacent to an activating group) is 1. The molecule has 124 valence electrons. The fraction of sp³-hybridized carbons (Fsp3) is 0.429. The molecule has 1 atom stereocenters. The van der Waals surface area contributed by atoms with Crippen LogP contribution in [-0.4, -0.2) is 46.6 Å². The maximum atomic E-state index is 10.8. The van der Waals surface area contributed by atoms with Crippen LogP contribution in [0.1, 0.15) is 23.3 Å². The molecule has 1 aromatic heterocycles. The number of nitro benzene ring substituents is 1. The summed E-state index contributed by atoms with van der Waals surface area (Å²) >= 11 is 0. The average molecular weight is 340 g/mol. The molecule has 23 heavy (non-hydrogen) atoms. The van der Waals surface area contributed by atoms with Gasteiger partial charge in [0.05, 0.1) is 17.4 Å². The number of benzene rings is 1. The summed E-state index contributed by atoms with van der Waals surface area (Å²) in [6.07, 6.45) is 0.387. The van der Waals surface area contributed by atoms with Crippen LogP contribution in [0.25, 0.3) is 0 Å². The van der Waals surface area contributed by atoms with Gasteiger partial charge in [-0.3, -0.25) is 15.0 Å². The first-order valence-electron chi connectivity index (χ1n) is 7.10. The van der Waals surface area contributed by atoms with E-state index in [4.69, 9.17) is 4.52 Å².